The van der Waals surface area contributed by atoms with E-state index in [9.17, 15) is 0 Å². The third-order valence-electron chi connectivity index (χ3n) is 2.09. The molecule has 0 aromatic heterocycles. The van der Waals surface area contributed by atoms with Crippen molar-refractivity contribution in [2.75, 3.05) is 19.6 Å². The Bertz CT molecular complexity index is 106. The van der Waals surface area contributed by atoms with Crippen LogP contribution in [0.3, 0.4) is 0 Å². The van der Waals surface area contributed by atoms with Crippen molar-refractivity contribution in [3.8, 4) is 0 Å². The summed E-state index contributed by atoms with van der Waals surface area (Å²) in [5.74, 6) is 0. The van der Waals surface area contributed by atoms with Crippen molar-refractivity contribution in [2.24, 2.45) is 5.41 Å². The zero-order valence-corrected chi connectivity index (χ0v) is 9.65. The van der Waals surface area contributed by atoms with E-state index in [2.05, 4.69) is 31.4 Å². The second kappa shape index (κ2) is 6.03. The zero-order chi connectivity index (χ0) is 7.61. The molecular weight excluding hydrogens is 195 g/mol. The smallest absolute Gasteiger partial charge is 0.0241 e. The molecule has 0 aromatic carbocycles. The Labute approximate surface area is 87.7 Å². The summed E-state index contributed by atoms with van der Waals surface area (Å²) in [4.78, 5) is 0. The van der Waals surface area contributed by atoms with E-state index in [0.29, 0.717) is 11.5 Å². The van der Waals surface area contributed by atoms with Gasteiger partial charge in [0.15, 0.2) is 0 Å². The van der Waals surface area contributed by atoms with Crippen LogP contribution < -0.4 is 10.6 Å². The van der Waals surface area contributed by atoms with Crippen molar-refractivity contribution >= 4 is 24.8 Å². The van der Waals surface area contributed by atoms with Gasteiger partial charge in [-0.1, -0.05) is 20.8 Å². The molecule has 12 heavy (non-hydrogen) atoms. The fourth-order valence-electron chi connectivity index (χ4n) is 1.27. The van der Waals surface area contributed by atoms with Crippen LogP contribution >= 0.6 is 24.8 Å². The van der Waals surface area contributed by atoms with Crippen molar-refractivity contribution in [1.29, 1.82) is 0 Å². The molecule has 2 N–H and O–H groups in total. The molecular formula is C8H20Cl2N2. The van der Waals surface area contributed by atoms with Gasteiger partial charge in [-0.25, -0.2) is 0 Å². The number of rotatable bonds is 0. The highest BCUT2D eigenvalue weighted by Crippen LogP contribution is 2.19. The Morgan fingerprint density at radius 2 is 1.67 bits per heavy atom. The van der Waals surface area contributed by atoms with Gasteiger partial charge in [-0.2, -0.15) is 0 Å². The van der Waals surface area contributed by atoms with E-state index in [1.807, 2.05) is 0 Å². The molecule has 1 aliphatic heterocycles. The van der Waals surface area contributed by atoms with E-state index in [1.54, 1.807) is 0 Å². The Morgan fingerprint density at radius 1 is 1.08 bits per heavy atom. The van der Waals surface area contributed by atoms with Crippen LogP contribution in [0.25, 0.3) is 0 Å². The molecule has 2 nitrogen and oxygen atoms in total. The first kappa shape index (κ1) is 15.0. The standard InChI is InChI=1S/C8H18N2.2ClH/c1-8(2,3)7-6-9-4-5-10-7;;/h7,9-10H,4-6H2,1-3H3;2*1H/t7-;;/m1../s1. The third-order valence-corrected chi connectivity index (χ3v) is 2.09. The second-order valence-electron chi connectivity index (χ2n) is 4.08. The molecule has 0 bridgehead atoms. The molecule has 0 saturated carbocycles. The number of nitrogens with one attached hydrogen (secondary N) is 2. The lowest BCUT2D eigenvalue weighted by molar-refractivity contribution is 0.239. The molecule has 1 saturated heterocycles. The van der Waals surface area contributed by atoms with Crippen molar-refractivity contribution in [3.63, 3.8) is 0 Å². The molecule has 1 heterocycles. The summed E-state index contributed by atoms with van der Waals surface area (Å²) in [5, 5.41) is 6.88. The van der Waals surface area contributed by atoms with Gasteiger partial charge < -0.3 is 10.6 Å². The topological polar surface area (TPSA) is 24.1 Å². The highest BCUT2D eigenvalue weighted by atomic mass is 35.5. The van der Waals surface area contributed by atoms with Crippen LogP contribution in [0, 0.1) is 5.41 Å². The molecule has 0 amide bonds. The lowest BCUT2D eigenvalue weighted by Gasteiger charge is -2.35. The van der Waals surface area contributed by atoms with Crippen molar-refractivity contribution in [3.05, 3.63) is 0 Å². The van der Waals surface area contributed by atoms with Gasteiger partial charge in [0.25, 0.3) is 0 Å². The zero-order valence-electron chi connectivity index (χ0n) is 8.02. The number of piperazine rings is 1. The summed E-state index contributed by atoms with van der Waals surface area (Å²) in [6.07, 6.45) is 0. The van der Waals surface area contributed by atoms with Gasteiger partial charge in [0, 0.05) is 25.7 Å². The summed E-state index contributed by atoms with van der Waals surface area (Å²) < 4.78 is 0. The maximum atomic E-state index is 3.50. The molecule has 1 rings (SSSR count). The fourth-order valence-corrected chi connectivity index (χ4v) is 1.27. The average molecular weight is 215 g/mol. The van der Waals surface area contributed by atoms with E-state index in [-0.39, 0.29) is 24.8 Å². The van der Waals surface area contributed by atoms with Gasteiger partial charge >= 0.3 is 0 Å². The van der Waals surface area contributed by atoms with Crippen molar-refractivity contribution in [2.45, 2.75) is 26.8 Å². The Balaban J connectivity index is 0. The SMILES string of the molecule is CC(C)(C)[C@H]1CNCCN1.Cl.Cl. The van der Waals surface area contributed by atoms with Crippen LogP contribution in [-0.2, 0) is 0 Å². The van der Waals surface area contributed by atoms with Gasteiger partial charge in [-0.05, 0) is 5.41 Å². The first-order chi connectivity index (χ1) is 4.61. The summed E-state index contributed by atoms with van der Waals surface area (Å²) in [6.45, 7) is 10.2. The number of hydrogen-bond acceptors (Lipinski definition) is 2. The minimum Gasteiger partial charge on any atom is -0.314 e. The maximum Gasteiger partial charge on any atom is 0.0241 e. The van der Waals surface area contributed by atoms with Crippen LogP contribution in [0.15, 0.2) is 0 Å². The second-order valence-corrected chi connectivity index (χ2v) is 4.08. The molecule has 4 heteroatoms. The molecule has 1 atom stereocenters. The van der Waals surface area contributed by atoms with E-state index >= 15 is 0 Å². The lowest BCUT2D eigenvalue weighted by Crippen LogP contribution is -2.54. The van der Waals surface area contributed by atoms with E-state index in [4.69, 9.17) is 0 Å². The number of hydrogen-bond donors (Lipinski definition) is 2. The largest absolute Gasteiger partial charge is 0.314 e. The van der Waals surface area contributed by atoms with Crippen molar-refractivity contribution < 1.29 is 0 Å². The Morgan fingerprint density at radius 3 is 1.92 bits per heavy atom. The molecule has 0 radical (unpaired) electrons. The summed E-state index contributed by atoms with van der Waals surface area (Å²) in [7, 11) is 0. The average Bonchev–Trinajstić information content (AvgIpc) is 1.88. The Hall–Kier alpha value is 0.500. The monoisotopic (exact) mass is 214 g/mol. The fraction of sp³-hybridized carbons (Fsp3) is 1.00. The van der Waals surface area contributed by atoms with Gasteiger partial charge in [-0.3, -0.25) is 0 Å². The van der Waals surface area contributed by atoms with Crippen LogP contribution in [0.4, 0.5) is 0 Å². The molecule has 0 unspecified atom stereocenters. The van der Waals surface area contributed by atoms with Gasteiger partial charge in [-0.15, -0.1) is 24.8 Å². The Kier molecular flexibility index (Phi) is 7.54. The highest BCUT2D eigenvalue weighted by molar-refractivity contribution is 5.85. The van der Waals surface area contributed by atoms with Crippen molar-refractivity contribution in [1.82, 2.24) is 10.6 Å². The molecule has 0 spiro atoms. The predicted molar refractivity (Wildman–Crippen MR) is 58.6 cm³/mol. The van der Waals surface area contributed by atoms with E-state index in [1.165, 1.54) is 0 Å². The third kappa shape index (κ3) is 4.51. The highest BCUT2D eigenvalue weighted by Gasteiger charge is 2.24. The molecule has 0 aromatic rings. The first-order valence-electron chi connectivity index (χ1n) is 4.05. The van der Waals surface area contributed by atoms with Gasteiger partial charge in [0.1, 0.15) is 0 Å². The summed E-state index contributed by atoms with van der Waals surface area (Å²) in [6, 6.07) is 0.640. The lowest BCUT2D eigenvalue weighted by atomic mass is 9.86. The van der Waals surface area contributed by atoms with E-state index < -0.39 is 0 Å². The van der Waals surface area contributed by atoms with Crippen LogP contribution in [-0.4, -0.2) is 25.7 Å². The predicted octanol–water partition coefficient (Wildman–Crippen LogP) is 1.44. The van der Waals surface area contributed by atoms with Gasteiger partial charge in [0.05, 0.1) is 0 Å². The first-order valence-corrected chi connectivity index (χ1v) is 4.05. The van der Waals surface area contributed by atoms with Crippen LogP contribution in [0.1, 0.15) is 20.8 Å². The van der Waals surface area contributed by atoms with E-state index in [0.717, 1.165) is 19.6 Å². The van der Waals surface area contributed by atoms with Crippen LogP contribution in [0.5, 0.6) is 0 Å². The minimum absolute atomic E-state index is 0. The normalized spacial score (nSPS) is 23.8. The summed E-state index contributed by atoms with van der Waals surface area (Å²) >= 11 is 0. The molecule has 0 aliphatic carbocycles. The molecule has 76 valence electrons. The molecule has 1 fully saturated rings. The van der Waals surface area contributed by atoms with Gasteiger partial charge in [0.2, 0.25) is 0 Å². The summed E-state index contributed by atoms with van der Waals surface area (Å²) in [5.41, 5.74) is 0.396. The quantitative estimate of drug-likeness (QED) is 0.638. The minimum atomic E-state index is 0. The number of halogens is 2. The molecule has 1 aliphatic rings. The van der Waals surface area contributed by atoms with Crippen LogP contribution in [0.2, 0.25) is 0 Å². The maximum absolute atomic E-state index is 3.50.